The maximum Gasteiger partial charge on any atom is 0.126 e. The van der Waals surface area contributed by atoms with Gasteiger partial charge in [0, 0.05) is 6.07 Å². The number of aromatic hydroxyl groups is 1. The van der Waals surface area contributed by atoms with Crippen LogP contribution < -0.4 is 0 Å². The zero-order chi connectivity index (χ0) is 7.56. The Morgan fingerprint density at radius 1 is 1.60 bits per heavy atom. The van der Waals surface area contributed by atoms with Gasteiger partial charge in [0.1, 0.15) is 5.75 Å². The summed E-state index contributed by atoms with van der Waals surface area (Å²) in [5.41, 5.74) is 2.14. The zero-order valence-corrected chi connectivity index (χ0v) is 6.31. The lowest BCUT2D eigenvalue weighted by atomic mass is 10.1. The molecule has 1 radical (unpaired) electrons. The lowest BCUT2D eigenvalue weighted by Gasteiger charge is -2.02. The second-order valence-corrected chi connectivity index (χ2v) is 2.34. The van der Waals surface area contributed by atoms with Crippen LogP contribution in [0.1, 0.15) is 18.1 Å². The first-order chi connectivity index (χ1) is 4.75. The molecule has 0 unspecified atom stereocenters. The van der Waals surface area contributed by atoms with Crippen LogP contribution in [-0.2, 0) is 6.42 Å². The summed E-state index contributed by atoms with van der Waals surface area (Å²) >= 11 is 0. The Morgan fingerprint density at radius 2 is 2.30 bits per heavy atom. The summed E-state index contributed by atoms with van der Waals surface area (Å²) in [6, 6.07) is 6.44. The molecule has 0 aliphatic heterocycles. The summed E-state index contributed by atoms with van der Waals surface area (Å²) in [4.78, 5) is 0. The number of hydrogen-bond donors (Lipinski definition) is 1. The monoisotopic (exact) mass is 135 g/mol. The first kappa shape index (κ1) is 7.13. The number of phenols is 1. The highest BCUT2D eigenvalue weighted by Gasteiger charge is 1.99. The molecule has 0 bridgehead atoms. The van der Waals surface area contributed by atoms with Gasteiger partial charge in [-0.3, -0.25) is 0 Å². The predicted octanol–water partition coefficient (Wildman–Crippen LogP) is 2.06. The van der Waals surface area contributed by atoms with Crippen molar-refractivity contribution in [3.63, 3.8) is 0 Å². The van der Waals surface area contributed by atoms with Gasteiger partial charge in [0.25, 0.3) is 0 Å². The number of hydrogen-bond acceptors (Lipinski definition) is 1. The minimum atomic E-state index is 0.294. The lowest BCUT2D eigenvalue weighted by molar-refractivity contribution is 0.467. The fraction of sp³-hybridized carbons (Fsp3) is 0.333. The van der Waals surface area contributed by atoms with Crippen molar-refractivity contribution in [1.82, 2.24) is 0 Å². The highest BCUT2D eigenvalue weighted by atomic mass is 16.3. The molecule has 0 atom stereocenters. The minimum absolute atomic E-state index is 0.294. The molecule has 0 saturated heterocycles. The molecule has 0 aliphatic rings. The van der Waals surface area contributed by atoms with Crippen LogP contribution in [0.4, 0.5) is 0 Å². The van der Waals surface area contributed by atoms with Crippen LogP contribution in [0.2, 0.25) is 0 Å². The molecule has 0 heterocycles. The average Bonchev–Trinajstić information content (AvgIpc) is 1.88. The summed E-state index contributed by atoms with van der Waals surface area (Å²) in [6.45, 7) is 4.02. The second-order valence-electron chi connectivity index (χ2n) is 2.34. The summed E-state index contributed by atoms with van der Waals surface area (Å²) < 4.78 is 0. The summed E-state index contributed by atoms with van der Waals surface area (Å²) in [5.74, 6) is 0.294. The Hall–Kier alpha value is -0.980. The molecule has 1 nitrogen and oxygen atoms in total. The molecular weight excluding hydrogens is 124 g/mol. The van der Waals surface area contributed by atoms with Crippen molar-refractivity contribution in [2.75, 3.05) is 0 Å². The number of phenolic OH excluding ortho intramolecular Hbond substituents is 1. The average molecular weight is 135 g/mol. The SMILES string of the molecule is CCc1c(O)[c]ccc1C. The van der Waals surface area contributed by atoms with Crippen LogP contribution >= 0.6 is 0 Å². The normalized spacial score (nSPS) is 9.80. The molecule has 0 saturated carbocycles. The van der Waals surface area contributed by atoms with Gasteiger partial charge in [-0.25, -0.2) is 0 Å². The number of rotatable bonds is 1. The van der Waals surface area contributed by atoms with Gasteiger partial charge >= 0.3 is 0 Å². The van der Waals surface area contributed by atoms with Crippen molar-refractivity contribution in [1.29, 1.82) is 0 Å². The third-order valence-corrected chi connectivity index (χ3v) is 1.67. The predicted molar refractivity (Wildman–Crippen MR) is 41.1 cm³/mol. The highest BCUT2D eigenvalue weighted by molar-refractivity contribution is 5.37. The zero-order valence-electron chi connectivity index (χ0n) is 6.31. The first-order valence-electron chi connectivity index (χ1n) is 3.44. The molecule has 0 aliphatic carbocycles. The Morgan fingerprint density at radius 3 is 2.70 bits per heavy atom. The highest BCUT2D eigenvalue weighted by Crippen LogP contribution is 2.19. The Balaban J connectivity index is 3.17. The maximum absolute atomic E-state index is 9.24. The van der Waals surface area contributed by atoms with E-state index < -0.39 is 0 Å². The van der Waals surface area contributed by atoms with Crippen molar-refractivity contribution >= 4 is 0 Å². The Labute approximate surface area is 61.3 Å². The second kappa shape index (κ2) is 2.74. The standard InChI is InChI=1S/C9H11O/c1-3-8-7(2)5-4-6-9(8)10/h4-5,10H,3H2,1-2H3. The van der Waals surface area contributed by atoms with Crippen LogP contribution in [0.3, 0.4) is 0 Å². The first-order valence-corrected chi connectivity index (χ1v) is 3.44. The topological polar surface area (TPSA) is 20.2 Å². The number of benzene rings is 1. The molecule has 1 rings (SSSR count). The molecular formula is C9H11O. The Bertz CT molecular complexity index is 208. The molecule has 10 heavy (non-hydrogen) atoms. The van der Waals surface area contributed by atoms with Crippen molar-refractivity contribution < 1.29 is 5.11 Å². The molecule has 1 aromatic rings. The minimum Gasteiger partial charge on any atom is -0.507 e. The smallest absolute Gasteiger partial charge is 0.126 e. The summed E-state index contributed by atoms with van der Waals surface area (Å²) in [5, 5.41) is 9.24. The summed E-state index contributed by atoms with van der Waals surface area (Å²) in [6.07, 6.45) is 0.870. The van der Waals surface area contributed by atoms with E-state index in [4.69, 9.17) is 0 Å². The van der Waals surface area contributed by atoms with E-state index in [0.717, 1.165) is 17.5 Å². The van der Waals surface area contributed by atoms with Gasteiger partial charge in [0.15, 0.2) is 0 Å². The van der Waals surface area contributed by atoms with Crippen LogP contribution in [0.15, 0.2) is 12.1 Å². The third-order valence-electron chi connectivity index (χ3n) is 1.67. The van der Waals surface area contributed by atoms with E-state index in [1.165, 1.54) is 0 Å². The van der Waals surface area contributed by atoms with E-state index in [2.05, 4.69) is 6.07 Å². The van der Waals surface area contributed by atoms with E-state index >= 15 is 0 Å². The van der Waals surface area contributed by atoms with Crippen molar-refractivity contribution in [3.05, 3.63) is 29.3 Å². The fourth-order valence-corrected chi connectivity index (χ4v) is 1.07. The van der Waals surface area contributed by atoms with Gasteiger partial charge < -0.3 is 5.11 Å². The molecule has 0 amide bonds. The molecule has 1 N–H and O–H groups in total. The molecule has 0 aromatic heterocycles. The largest absolute Gasteiger partial charge is 0.507 e. The molecule has 0 spiro atoms. The fourth-order valence-electron chi connectivity index (χ4n) is 1.07. The molecule has 0 fully saturated rings. The van der Waals surface area contributed by atoms with Crippen molar-refractivity contribution in [3.8, 4) is 5.75 Å². The van der Waals surface area contributed by atoms with E-state index in [0.29, 0.717) is 5.75 Å². The quantitative estimate of drug-likeness (QED) is 0.625. The molecule has 53 valence electrons. The van der Waals surface area contributed by atoms with Gasteiger partial charge in [-0.05, 0) is 24.5 Å². The molecule has 1 heteroatoms. The van der Waals surface area contributed by atoms with E-state index in [9.17, 15) is 5.11 Å². The van der Waals surface area contributed by atoms with Crippen LogP contribution in [0.25, 0.3) is 0 Å². The van der Waals surface area contributed by atoms with E-state index in [1.807, 2.05) is 19.9 Å². The van der Waals surface area contributed by atoms with Gasteiger partial charge in [0.2, 0.25) is 0 Å². The van der Waals surface area contributed by atoms with Crippen LogP contribution in [0.5, 0.6) is 5.75 Å². The van der Waals surface area contributed by atoms with Gasteiger partial charge in [-0.1, -0.05) is 19.1 Å². The van der Waals surface area contributed by atoms with Crippen LogP contribution in [0, 0.1) is 13.0 Å². The molecule has 1 aromatic carbocycles. The summed E-state index contributed by atoms with van der Waals surface area (Å²) in [7, 11) is 0. The van der Waals surface area contributed by atoms with E-state index in [-0.39, 0.29) is 0 Å². The van der Waals surface area contributed by atoms with Gasteiger partial charge in [0.05, 0.1) is 0 Å². The van der Waals surface area contributed by atoms with Crippen molar-refractivity contribution in [2.45, 2.75) is 20.3 Å². The Kier molecular flexibility index (Phi) is 1.95. The van der Waals surface area contributed by atoms with E-state index in [1.54, 1.807) is 6.07 Å². The lowest BCUT2D eigenvalue weighted by Crippen LogP contribution is -1.85. The maximum atomic E-state index is 9.24. The van der Waals surface area contributed by atoms with Crippen LogP contribution in [-0.4, -0.2) is 5.11 Å². The van der Waals surface area contributed by atoms with Gasteiger partial charge in [-0.15, -0.1) is 0 Å². The third kappa shape index (κ3) is 1.13. The van der Waals surface area contributed by atoms with Crippen molar-refractivity contribution in [2.24, 2.45) is 0 Å². The number of aryl methyl sites for hydroxylation is 1. The van der Waals surface area contributed by atoms with Gasteiger partial charge in [-0.2, -0.15) is 0 Å².